The van der Waals surface area contributed by atoms with Gasteiger partial charge in [-0.25, -0.2) is 0 Å². The summed E-state index contributed by atoms with van der Waals surface area (Å²) in [5.74, 6) is 1.25. The molecule has 0 aromatic carbocycles. The molecular formula is C13H21NS. The van der Waals surface area contributed by atoms with E-state index in [-0.39, 0.29) is 0 Å². The molecule has 2 atom stereocenters. The zero-order chi connectivity index (χ0) is 10.8. The zero-order valence-corrected chi connectivity index (χ0v) is 10.8. The van der Waals surface area contributed by atoms with E-state index in [2.05, 4.69) is 49.2 Å². The van der Waals surface area contributed by atoms with Crippen molar-refractivity contribution in [3.05, 3.63) is 23.5 Å². The Bertz CT molecular complexity index is 310. The third kappa shape index (κ3) is 2.10. The first-order valence-electron chi connectivity index (χ1n) is 6.00. The lowest BCUT2D eigenvalue weighted by molar-refractivity contribution is 0.509. The Balaban J connectivity index is 2.22. The van der Waals surface area contributed by atoms with Gasteiger partial charge < -0.3 is 4.57 Å². The maximum Gasteiger partial charge on any atom is 0.0454 e. The highest BCUT2D eigenvalue weighted by Gasteiger charge is 2.29. The van der Waals surface area contributed by atoms with E-state index in [1.54, 1.807) is 0 Å². The van der Waals surface area contributed by atoms with Gasteiger partial charge in [0, 0.05) is 22.7 Å². The van der Waals surface area contributed by atoms with Crippen LogP contribution in [-0.4, -0.2) is 15.6 Å². The van der Waals surface area contributed by atoms with Gasteiger partial charge in [-0.1, -0.05) is 13.3 Å². The van der Waals surface area contributed by atoms with Crippen molar-refractivity contribution in [1.29, 1.82) is 0 Å². The highest BCUT2D eigenvalue weighted by atomic mass is 32.2. The van der Waals surface area contributed by atoms with E-state index in [0.29, 0.717) is 0 Å². The quantitative estimate of drug-likeness (QED) is 0.751. The molecule has 1 heterocycles. The van der Waals surface area contributed by atoms with Crippen LogP contribution in [0.25, 0.3) is 0 Å². The lowest BCUT2D eigenvalue weighted by atomic mass is 10.2. The van der Waals surface area contributed by atoms with E-state index in [0.717, 1.165) is 11.3 Å². The topological polar surface area (TPSA) is 4.93 Å². The van der Waals surface area contributed by atoms with E-state index in [9.17, 15) is 0 Å². The highest BCUT2D eigenvalue weighted by molar-refractivity contribution is 7.99. The van der Waals surface area contributed by atoms with Gasteiger partial charge in [-0.3, -0.25) is 0 Å². The molecule has 1 saturated carbocycles. The Kier molecular flexibility index (Phi) is 3.45. The maximum atomic E-state index is 2.56. The molecule has 0 spiro atoms. The van der Waals surface area contributed by atoms with E-state index >= 15 is 0 Å². The fourth-order valence-electron chi connectivity index (χ4n) is 2.81. The van der Waals surface area contributed by atoms with Gasteiger partial charge in [0.25, 0.3) is 0 Å². The standard InChI is InChI=1S/C13H21NS/c1-4-15-13-7-5-6-12(13)14-10(2)8-9-11(14)3/h8-9,12-13H,4-7H2,1-3H3. The predicted octanol–water partition coefficient (Wildman–Crippen LogP) is 3.95. The van der Waals surface area contributed by atoms with Crippen molar-refractivity contribution < 1.29 is 0 Å². The van der Waals surface area contributed by atoms with Crippen LogP contribution in [0.4, 0.5) is 0 Å². The maximum absolute atomic E-state index is 2.56. The predicted molar refractivity (Wildman–Crippen MR) is 68.7 cm³/mol. The van der Waals surface area contributed by atoms with Gasteiger partial charge in [0.05, 0.1) is 0 Å². The first-order chi connectivity index (χ1) is 7.24. The normalized spacial score (nSPS) is 26.1. The summed E-state index contributed by atoms with van der Waals surface area (Å²) < 4.78 is 2.56. The summed E-state index contributed by atoms with van der Waals surface area (Å²) in [7, 11) is 0. The molecule has 2 rings (SSSR count). The molecular weight excluding hydrogens is 202 g/mol. The third-order valence-corrected chi connectivity index (χ3v) is 4.77. The smallest absolute Gasteiger partial charge is 0.0454 e. The van der Waals surface area contributed by atoms with Crippen molar-refractivity contribution in [3.63, 3.8) is 0 Å². The largest absolute Gasteiger partial charge is 0.345 e. The molecule has 2 heteroatoms. The molecule has 1 aliphatic carbocycles. The Morgan fingerprint density at radius 1 is 1.27 bits per heavy atom. The van der Waals surface area contributed by atoms with Crippen molar-refractivity contribution in [3.8, 4) is 0 Å². The number of nitrogens with zero attached hydrogens (tertiary/aromatic N) is 1. The van der Waals surface area contributed by atoms with Crippen LogP contribution in [-0.2, 0) is 0 Å². The molecule has 0 saturated heterocycles. The van der Waals surface area contributed by atoms with Crippen LogP contribution in [0.5, 0.6) is 0 Å². The van der Waals surface area contributed by atoms with Crippen LogP contribution in [0, 0.1) is 13.8 Å². The minimum absolute atomic E-state index is 0.755. The summed E-state index contributed by atoms with van der Waals surface area (Å²) in [5, 5.41) is 0.847. The number of hydrogen-bond donors (Lipinski definition) is 0. The SMILES string of the molecule is CCSC1CCCC1n1c(C)ccc1C. The molecule has 0 radical (unpaired) electrons. The third-order valence-electron chi connectivity index (χ3n) is 3.46. The van der Waals surface area contributed by atoms with E-state index in [1.807, 2.05) is 0 Å². The van der Waals surface area contributed by atoms with Crippen molar-refractivity contribution in [1.82, 2.24) is 4.57 Å². The molecule has 1 fully saturated rings. The van der Waals surface area contributed by atoms with Crippen molar-refractivity contribution in [2.45, 2.75) is 51.3 Å². The summed E-state index contributed by atoms with van der Waals surface area (Å²) in [6.07, 6.45) is 4.17. The molecule has 15 heavy (non-hydrogen) atoms. The molecule has 1 nitrogen and oxygen atoms in total. The summed E-state index contributed by atoms with van der Waals surface area (Å²) in [5.41, 5.74) is 2.86. The minimum atomic E-state index is 0.755. The number of thioether (sulfide) groups is 1. The highest BCUT2D eigenvalue weighted by Crippen LogP contribution is 2.39. The lowest BCUT2D eigenvalue weighted by Gasteiger charge is -2.24. The molecule has 1 aliphatic rings. The molecule has 1 aromatic heterocycles. The average Bonchev–Trinajstić information content (AvgIpc) is 2.75. The second-order valence-corrected chi connectivity index (χ2v) is 5.99. The van der Waals surface area contributed by atoms with Gasteiger partial charge in [0.1, 0.15) is 0 Å². The van der Waals surface area contributed by atoms with Gasteiger partial charge in [-0.05, 0) is 44.6 Å². The summed E-state index contributed by atoms with van der Waals surface area (Å²) in [4.78, 5) is 0. The van der Waals surface area contributed by atoms with E-state index in [1.165, 1.54) is 36.4 Å². The number of aromatic nitrogens is 1. The second-order valence-electron chi connectivity index (χ2n) is 4.48. The Hall–Kier alpha value is -0.370. The first kappa shape index (κ1) is 11.1. The Morgan fingerprint density at radius 2 is 1.93 bits per heavy atom. The van der Waals surface area contributed by atoms with Crippen LogP contribution in [0.3, 0.4) is 0 Å². The molecule has 0 aliphatic heterocycles. The number of hydrogen-bond acceptors (Lipinski definition) is 1. The van der Waals surface area contributed by atoms with Crippen molar-refractivity contribution in [2.24, 2.45) is 0 Å². The first-order valence-corrected chi connectivity index (χ1v) is 7.05. The number of aryl methyl sites for hydroxylation is 2. The van der Waals surface area contributed by atoms with E-state index < -0.39 is 0 Å². The van der Waals surface area contributed by atoms with Crippen molar-refractivity contribution in [2.75, 3.05) is 5.75 Å². The van der Waals surface area contributed by atoms with Crippen LogP contribution in [0.1, 0.15) is 43.6 Å². The van der Waals surface area contributed by atoms with Gasteiger partial charge in [0.15, 0.2) is 0 Å². The minimum Gasteiger partial charge on any atom is -0.345 e. The Morgan fingerprint density at radius 3 is 2.53 bits per heavy atom. The second kappa shape index (κ2) is 4.65. The lowest BCUT2D eigenvalue weighted by Crippen LogP contribution is -2.18. The molecule has 84 valence electrons. The average molecular weight is 223 g/mol. The van der Waals surface area contributed by atoms with Gasteiger partial charge in [-0.2, -0.15) is 11.8 Å². The monoisotopic (exact) mass is 223 g/mol. The fraction of sp³-hybridized carbons (Fsp3) is 0.692. The van der Waals surface area contributed by atoms with Crippen LogP contribution in [0.15, 0.2) is 12.1 Å². The molecule has 1 aromatic rings. The Labute approximate surface area is 97.3 Å². The molecule has 0 amide bonds. The number of rotatable bonds is 3. The summed E-state index contributed by atoms with van der Waals surface area (Å²) >= 11 is 2.14. The molecule has 0 bridgehead atoms. The van der Waals surface area contributed by atoms with Gasteiger partial charge in [-0.15, -0.1) is 0 Å². The molecule has 0 N–H and O–H groups in total. The fourth-order valence-corrected chi connectivity index (χ4v) is 4.05. The summed E-state index contributed by atoms with van der Waals surface area (Å²) in [6, 6.07) is 5.26. The summed E-state index contributed by atoms with van der Waals surface area (Å²) in [6.45, 7) is 6.74. The van der Waals surface area contributed by atoms with Gasteiger partial charge >= 0.3 is 0 Å². The van der Waals surface area contributed by atoms with Crippen molar-refractivity contribution >= 4 is 11.8 Å². The van der Waals surface area contributed by atoms with E-state index in [4.69, 9.17) is 0 Å². The van der Waals surface area contributed by atoms with Gasteiger partial charge in [0.2, 0.25) is 0 Å². The van der Waals surface area contributed by atoms with Crippen LogP contribution < -0.4 is 0 Å². The van der Waals surface area contributed by atoms with Crippen LogP contribution >= 0.6 is 11.8 Å². The van der Waals surface area contributed by atoms with Crippen LogP contribution in [0.2, 0.25) is 0 Å². The molecule has 2 unspecified atom stereocenters. The zero-order valence-electron chi connectivity index (χ0n) is 9.99.